The van der Waals surface area contributed by atoms with Crippen LogP contribution in [0.15, 0.2) is 48.5 Å². The number of aliphatic hydroxyl groups is 1. The van der Waals surface area contributed by atoms with E-state index in [1.54, 1.807) is 30.3 Å². The van der Waals surface area contributed by atoms with Crippen LogP contribution < -0.4 is 5.32 Å². The first-order chi connectivity index (χ1) is 14.5. The SMILES string of the molecule is O=C1NC(=O)c2c1c(-c1ccccc1Cl)cc1c2c2ccc(O)cc2n1CCCO. The number of aryl methyl sites for hydroxylation is 1. The second kappa shape index (κ2) is 6.86. The van der Waals surface area contributed by atoms with Gasteiger partial charge in [-0.15, -0.1) is 0 Å². The Morgan fingerprint density at radius 2 is 1.70 bits per heavy atom. The van der Waals surface area contributed by atoms with Crippen LogP contribution in [0.5, 0.6) is 5.75 Å². The smallest absolute Gasteiger partial charge is 0.259 e. The van der Waals surface area contributed by atoms with E-state index in [-0.39, 0.29) is 12.4 Å². The number of imide groups is 1. The Labute approximate surface area is 176 Å². The maximum Gasteiger partial charge on any atom is 0.259 e. The van der Waals surface area contributed by atoms with Crippen LogP contribution in [0, 0.1) is 0 Å². The normalized spacial score (nSPS) is 13.3. The molecular formula is C23H17ClN2O4. The van der Waals surface area contributed by atoms with Crippen LogP contribution in [-0.2, 0) is 6.54 Å². The monoisotopic (exact) mass is 420 g/mol. The fraction of sp³-hybridized carbons (Fsp3) is 0.130. The summed E-state index contributed by atoms with van der Waals surface area (Å²) < 4.78 is 1.96. The van der Waals surface area contributed by atoms with Crippen LogP contribution in [0.3, 0.4) is 0 Å². The number of amides is 2. The Hall–Kier alpha value is -3.35. The first-order valence-electron chi connectivity index (χ1n) is 9.54. The van der Waals surface area contributed by atoms with Gasteiger partial charge >= 0.3 is 0 Å². The van der Waals surface area contributed by atoms with E-state index < -0.39 is 11.8 Å². The van der Waals surface area contributed by atoms with E-state index in [9.17, 15) is 19.8 Å². The zero-order chi connectivity index (χ0) is 21.0. The summed E-state index contributed by atoms with van der Waals surface area (Å²) in [6.45, 7) is 0.484. The lowest BCUT2D eigenvalue weighted by Crippen LogP contribution is -2.20. The number of halogens is 1. The molecular weight excluding hydrogens is 404 g/mol. The molecule has 5 rings (SSSR count). The molecule has 3 N–H and O–H groups in total. The predicted molar refractivity (Wildman–Crippen MR) is 115 cm³/mol. The number of aromatic hydroxyl groups is 1. The molecule has 4 aromatic rings. The molecule has 0 fully saturated rings. The molecule has 1 aromatic heterocycles. The topological polar surface area (TPSA) is 91.6 Å². The van der Waals surface area contributed by atoms with E-state index >= 15 is 0 Å². The molecule has 3 aromatic carbocycles. The highest BCUT2D eigenvalue weighted by Crippen LogP contribution is 2.42. The molecule has 0 aliphatic carbocycles. The maximum atomic E-state index is 12.8. The number of hydrogen-bond donors (Lipinski definition) is 3. The molecule has 6 nitrogen and oxygen atoms in total. The average Bonchev–Trinajstić information content (AvgIpc) is 3.19. The van der Waals surface area contributed by atoms with Crippen LogP contribution in [0.4, 0.5) is 0 Å². The van der Waals surface area contributed by atoms with Crippen molar-refractivity contribution in [2.45, 2.75) is 13.0 Å². The van der Waals surface area contributed by atoms with Gasteiger partial charge in [0.1, 0.15) is 5.75 Å². The Balaban J connectivity index is 1.98. The minimum atomic E-state index is -0.457. The third-order valence-corrected chi connectivity index (χ3v) is 5.85. The van der Waals surface area contributed by atoms with E-state index in [4.69, 9.17) is 11.6 Å². The van der Waals surface area contributed by atoms with E-state index in [0.29, 0.717) is 45.6 Å². The van der Waals surface area contributed by atoms with Crippen molar-refractivity contribution in [3.63, 3.8) is 0 Å². The van der Waals surface area contributed by atoms with Gasteiger partial charge in [0.05, 0.1) is 22.2 Å². The lowest BCUT2D eigenvalue weighted by Gasteiger charge is -2.12. The highest BCUT2D eigenvalue weighted by Gasteiger charge is 2.34. The molecule has 0 spiro atoms. The molecule has 7 heteroatoms. The van der Waals surface area contributed by atoms with Gasteiger partial charge in [-0.25, -0.2) is 0 Å². The van der Waals surface area contributed by atoms with Gasteiger partial charge in [0.15, 0.2) is 0 Å². The van der Waals surface area contributed by atoms with E-state index in [0.717, 1.165) is 16.4 Å². The minimum Gasteiger partial charge on any atom is -0.508 e. The van der Waals surface area contributed by atoms with E-state index in [1.807, 2.05) is 22.8 Å². The summed E-state index contributed by atoms with van der Waals surface area (Å²) in [6, 6.07) is 14.0. The number of fused-ring (bicyclic) bond motifs is 5. The number of phenolic OH excluding ortho intramolecular Hbond substituents is 1. The van der Waals surface area contributed by atoms with Crippen molar-refractivity contribution in [3.05, 3.63) is 64.7 Å². The molecule has 0 unspecified atom stereocenters. The highest BCUT2D eigenvalue weighted by atomic mass is 35.5. The highest BCUT2D eigenvalue weighted by molar-refractivity contribution is 6.36. The quantitative estimate of drug-likeness (QED) is 0.434. The zero-order valence-corrected chi connectivity index (χ0v) is 16.5. The lowest BCUT2D eigenvalue weighted by atomic mass is 9.93. The molecule has 30 heavy (non-hydrogen) atoms. The summed E-state index contributed by atoms with van der Waals surface area (Å²) in [4.78, 5) is 25.6. The van der Waals surface area contributed by atoms with Crippen molar-refractivity contribution >= 4 is 45.2 Å². The molecule has 0 saturated heterocycles. The summed E-state index contributed by atoms with van der Waals surface area (Å²) in [5.74, 6) is -0.816. The summed E-state index contributed by atoms with van der Waals surface area (Å²) in [5.41, 5.74) is 3.31. The number of nitrogens with one attached hydrogen (secondary N) is 1. The van der Waals surface area contributed by atoms with E-state index in [2.05, 4.69) is 5.32 Å². The second-order valence-corrected chi connectivity index (χ2v) is 7.67. The summed E-state index contributed by atoms with van der Waals surface area (Å²) in [5, 5.41) is 23.7. The number of nitrogens with zero attached hydrogens (tertiary/aromatic N) is 1. The van der Waals surface area contributed by atoms with Crippen molar-refractivity contribution in [2.24, 2.45) is 0 Å². The number of carbonyl (C=O) groups excluding carboxylic acids is 2. The Bertz CT molecular complexity index is 1370. The number of rotatable bonds is 4. The standard InChI is InChI=1S/C23H17ClN2O4/c24-16-5-2-1-4-13(16)15-11-18-19(21-20(15)22(29)25-23(21)30)14-7-6-12(28)10-17(14)26(18)8-3-9-27/h1-2,4-7,10-11,27-28H,3,8-9H2,(H,25,29,30). The van der Waals surface area contributed by atoms with Crippen LogP contribution in [0.1, 0.15) is 27.1 Å². The van der Waals surface area contributed by atoms with Crippen LogP contribution in [0.2, 0.25) is 5.02 Å². The number of phenols is 1. The molecule has 1 aliphatic heterocycles. The molecule has 1 aliphatic rings. The second-order valence-electron chi connectivity index (χ2n) is 7.26. The molecule has 150 valence electrons. The maximum absolute atomic E-state index is 12.8. The summed E-state index contributed by atoms with van der Waals surface area (Å²) in [7, 11) is 0. The Morgan fingerprint density at radius 1 is 0.933 bits per heavy atom. The molecule has 2 heterocycles. The molecule has 0 radical (unpaired) electrons. The van der Waals surface area contributed by atoms with Gasteiger partial charge in [0.25, 0.3) is 11.8 Å². The number of benzene rings is 3. The first kappa shape index (κ1) is 18.7. The number of aliphatic hydroxyl groups excluding tert-OH is 1. The van der Waals surface area contributed by atoms with Gasteiger partial charge in [-0.1, -0.05) is 29.8 Å². The Morgan fingerprint density at radius 3 is 2.47 bits per heavy atom. The van der Waals surface area contributed by atoms with Crippen molar-refractivity contribution in [2.75, 3.05) is 6.61 Å². The van der Waals surface area contributed by atoms with Crippen LogP contribution >= 0.6 is 11.6 Å². The largest absolute Gasteiger partial charge is 0.508 e. The molecule has 0 atom stereocenters. The van der Waals surface area contributed by atoms with Crippen molar-refractivity contribution < 1.29 is 19.8 Å². The lowest BCUT2D eigenvalue weighted by molar-refractivity contribution is 0.0880. The van der Waals surface area contributed by atoms with Crippen LogP contribution in [0.25, 0.3) is 32.9 Å². The Kier molecular flexibility index (Phi) is 4.27. The third-order valence-electron chi connectivity index (χ3n) is 5.52. The van der Waals surface area contributed by atoms with Crippen molar-refractivity contribution in [1.82, 2.24) is 9.88 Å². The number of hydrogen-bond acceptors (Lipinski definition) is 4. The van der Waals surface area contributed by atoms with Crippen molar-refractivity contribution in [3.8, 4) is 16.9 Å². The van der Waals surface area contributed by atoms with Gasteiger partial charge in [-0.2, -0.15) is 0 Å². The van der Waals surface area contributed by atoms with Gasteiger partial charge in [0.2, 0.25) is 0 Å². The summed E-state index contributed by atoms with van der Waals surface area (Å²) in [6.07, 6.45) is 0.498. The average molecular weight is 421 g/mol. The number of aromatic nitrogens is 1. The van der Waals surface area contributed by atoms with Gasteiger partial charge in [-0.3, -0.25) is 14.9 Å². The molecule has 0 saturated carbocycles. The fourth-order valence-electron chi connectivity index (χ4n) is 4.29. The van der Waals surface area contributed by atoms with Crippen molar-refractivity contribution in [1.29, 1.82) is 0 Å². The minimum absolute atomic E-state index is 0.00126. The zero-order valence-electron chi connectivity index (χ0n) is 15.8. The van der Waals surface area contributed by atoms with Gasteiger partial charge in [-0.05, 0) is 36.2 Å². The van der Waals surface area contributed by atoms with Gasteiger partial charge < -0.3 is 14.8 Å². The molecule has 0 bridgehead atoms. The predicted octanol–water partition coefficient (Wildman–Crippen LogP) is 4.09. The third kappa shape index (κ3) is 2.61. The molecule has 2 amide bonds. The summed E-state index contributed by atoms with van der Waals surface area (Å²) >= 11 is 6.43. The van der Waals surface area contributed by atoms with Crippen LogP contribution in [-0.4, -0.2) is 33.2 Å². The van der Waals surface area contributed by atoms with Gasteiger partial charge in [0, 0.05) is 40.6 Å². The first-order valence-corrected chi connectivity index (χ1v) is 9.92. The number of carbonyl (C=O) groups is 2. The fourth-order valence-corrected chi connectivity index (χ4v) is 4.53. The van der Waals surface area contributed by atoms with E-state index in [1.165, 1.54) is 0 Å².